The fourth-order valence-corrected chi connectivity index (χ4v) is 3.34. The zero-order valence-electron chi connectivity index (χ0n) is 15.9. The van der Waals surface area contributed by atoms with Crippen LogP contribution in [0.5, 0.6) is 0 Å². The summed E-state index contributed by atoms with van der Waals surface area (Å²) in [6.45, 7) is -0.574. The maximum Gasteiger partial charge on any atom is 0.311 e. The van der Waals surface area contributed by atoms with Gasteiger partial charge in [0.1, 0.15) is 0 Å². The van der Waals surface area contributed by atoms with Gasteiger partial charge in [-0.2, -0.15) is 0 Å². The molecule has 1 saturated heterocycles. The lowest BCUT2D eigenvalue weighted by molar-refractivity contribution is -0.151. The van der Waals surface area contributed by atoms with Crippen molar-refractivity contribution in [2.45, 2.75) is 6.42 Å². The molecule has 1 atom stereocenters. The normalized spacial score (nSPS) is 15.5. The third-order valence-corrected chi connectivity index (χ3v) is 5.83. The minimum absolute atomic E-state index is 0.0546. The number of halogens is 3. The molecule has 3 amide bonds. The van der Waals surface area contributed by atoms with E-state index in [1.54, 1.807) is 30.3 Å². The summed E-state index contributed by atoms with van der Waals surface area (Å²) in [4.78, 5) is 48.6. The molecule has 3 rings (SSSR count). The molecular weight excluding hydrogens is 513 g/mol. The van der Waals surface area contributed by atoms with Gasteiger partial charge in [-0.15, -0.1) is 0 Å². The molecule has 2 N–H and O–H groups in total. The Labute approximate surface area is 195 Å². The van der Waals surface area contributed by atoms with E-state index in [4.69, 9.17) is 27.9 Å². The first-order valence-electron chi connectivity index (χ1n) is 9.01. The van der Waals surface area contributed by atoms with Gasteiger partial charge >= 0.3 is 5.97 Å². The fraction of sp³-hybridized carbons (Fsp3) is 0.200. The van der Waals surface area contributed by atoms with Crippen LogP contribution < -0.4 is 10.7 Å². The number of anilines is 1. The van der Waals surface area contributed by atoms with Crippen LogP contribution in [0.3, 0.4) is 0 Å². The Balaban J connectivity index is 1.48. The number of benzene rings is 2. The molecule has 1 aliphatic heterocycles. The maximum atomic E-state index is 12.2. The summed E-state index contributed by atoms with van der Waals surface area (Å²) in [6.07, 6.45) is -0.135. The average molecular weight is 529 g/mol. The molecule has 0 unspecified atom stereocenters. The van der Waals surface area contributed by atoms with Crippen molar-refractivity contribution in [2.75, 3.05) is 18.5 Å². The molecule has 0 aliphatic carbocycles. The van der Waals surface area contributed by atoms with Gasteiger partial charge in [0, 0.05) is 27.2 Å². The van der Waals surface area contributed by atoms with Gasteiger partial charge in [-0.1, -0.05) is 23.2 Å². The summed E-state index contributed by atoms with van der Waals surface area (Å²) in [5.41, 5.74) is 3.21. The smallest absolute Gasteiger partial charge is 0.311 e. The number of nitrogens with zero attached hydrogens (tertiary/aromatic N) is 1. The molecule has 0 saturated carbocycles. The van der Waals surface area contributed by atoms with E-state index in [0.717, 1.165) is 5.01 Å². The lowest BCUT2D eigenvalue weighted by Gasteiger charge is -2.17. The van der Waals surface area contributed by atoms with E-state index >= 15 is 0 Å². The monoisotopic (exact) mass is 527 g/mol. The summed E-state index contributed by atoms with van der Waals surface area (Å²) in [6, 6.07) is 11.0. The van der Waals surface area contributed by atoms with Crippen molar-refractivity contribution in [1.29, 1.82) is 0 Å². The molecule has 0 bridgehead atoms. The van der Waals surface area contributed by atoms with Crippen LogP contribution in [-0.2, 0) is 19.1 Å². The van der Waals surface area contributed by atoms with E-state index in [0.29, 0.717) is 25.8 Å². The number of hydrogen-bond acceptors (Lipinski definition) is 5. The quantitative estimate of drug-likeness (QED) is 0.559. The van der Waals surface area contributed by atoms with Gasteiger partial charge in [-0.3, -0.25) is 29.6 Å². The van der Waals surface area contributed by atoms with Gasteiger partial charge in [0.25, 0.3) is 11.8 Å². The first-order valence-corrected chi connectivity index (χ1v) is 10.6. The Kier molecular flexibility index (Phi) is 7.53. The van der Waals surface area contributed by atoms with Crippen LogP contribution in [0.4, 0.5) is 5.69 Å². The topological polar surface area (TPSA) is 105 Å². The molecule has 8 nitrogen and oxygen atoms in total. The number of carbonyl (C=O) groups excluding carboxylic acids is 4. The number of hydrogen-bond donors (Lipinski definition) is 2. The van der Waals surface area contributed by atoms with Gasteiger partial charge in [0.05, 0.1) is 17.5 Å². The van der Waals surface area contributed by atoms with Crippen molar-refractivity contribution in [3.05, 3.63) is 62.5 Å². The molecule has 11 heteroatoms. The van der Waals surface area contributed by atoms with Crippen molar-refractivity contribution in [3.63, 3.8) is 0 Å². The van der Waals surface area contributed by atoms with Gasteiger partial charge in [-0.05, 0) is 58.4 Å². The standard InChI is InChI=1S/C20H16BrCl2N3O5/c21-15-6-5-14(8-16(15)23)24-17(27)10-31-20(30)12-7-18(28)26(9-12)25-19(29)11-1-3-13(22)4-2-11/h1-6,8,12H,7,9-10H2,(H,24,27)(H,25,29)/t12-/m1/s1. The zero-order valence-corrected chi connectivity index (χ0v) is 19.0. The summed E-state index contributed by atoms with van der Waals surface area (Å²) in [7, 11) is 0. The van der Waals surface area contributed by atoms with Crippen LogP contribution in [0.15, 0.2) is 46.9 Å². The zero-order chi connectivity index (χ0) is 22.5. The Hall–Kier alpha value is -2.62. The van der Waals surface area contributed by atoms with Crippen molar-refractivity contribution in [2.24, 2.45) is 5.92 Å². The van der Waals surface area contributed by atoms with E-state index in [9.17, 15) is 19.2 Å². The molecular formula is C20H16BrCl2N3O5. The highest BCUT2D eigenvalue weighted by atomic mass is 79.9. The fourth-order valence-electron chi connectivity index (χ4n) is 2.79. The Morgan fingerprint density at radius 2 is 1.84 bits per heavy atom. The first kappa shape index (κ1) is 23.1. The number of nitrogens with one attached hydrogen (secondary N) is 2. The minimum Gasteiger partial charge on any atom is -0.455 e. The van der Waals surface area contributed by atoms with Crippen molar-refractivity contribution < 1.29 is 23.9 Å². The number of carbonyl (C=O) groups is 4. The molecule has 2 aromatic rings. The summed E-state index contributed by atoms with van der Waals surface area (Å²) in [5.74, 6) is -3.00. The highest BCUT2D eigenvalue weighted by Gasteiger charge is 2.36. The third kappa shape index (κ3) is 6.19. The van der Waals surface area contributed by atoms with Crippen LogP contribution >= 0.6 is 39.1 Å². The first-order chi connectivity index (χ1) is 14.7. The van der Waals surface area contributed by atoms with Gasteiger partial charge < -0.3 is 10.1 Å². The minimum atomic E-state index is -0.798. The van der Waals surface area contributed by atoms with E-state index < -0.39 is 36.2 Å². The lowest BCUT2D eigenvalue weighted by atomic mass is 10.1. The second-order valence-electron chi connectivity index (χ2n) is 6.64. The third-order valence-electron chi connectivity index (χ3n) is 4.35. The van der Waals surface area contributed by atoms with Crippen LogP contribution in [0.1, 0.15) is 16.8 Å². The Morgan fingerprint density at radius 3 is 2.52 bits per heavy atom. The van der Waals surface area contributed by atoms with E-state index in [2.05, 4.69) is 26.7 Å². The highest BCUT2D eigenvalue weighted by Crippen LogP contribution is 2.25. The van der Waals surface area contributed by atoms with E-state index in [-0.39, 0.29) is 13.0 Å². The number of rotatable bonds is 6. The average Bonchev–Trinajstić information content (AvgIpc) is 3.10. The van der Waals surface area contributed by atoms with Crippen LogP contribution in [-0.4, -0.2) is 41.9 Å². The largest absolute Gasteiger partial charge is 0.455 e. The number of amides is 3. The highest BCUT2D eigenvalue weighted by molar-refractivity contribution is 9.10. The predicted octanol–water partition coefficient (Wildman–Crippen LogP) is 3.43. The summed E-state index contributed by atoms with van der Waals surface area (Å²) >= 11 is 15.0. The number of esters is 1. The molecule has 2 aromatic carbocycles. The Bertz CT molecular complexity index is 1030. The SMILES string of the molecule is O=C(COC(=O)[C@@H]1CC(=O)N(NC(=O)c2ccc(Cl)cc2)C1)Nc1ccc(Br)c(Cl)c1. The van der Waals surface area contributed by atoms with E-state index in [1.807, 2.05) is 0 Å². The maximum absolute atomic E-state index is 12.2. The molecule has 1 heterocycles. The molecule has 0 radical (unpaired) electrons. The molecule has 1 aliphatic rings. The summed E-state index contributed by atoms with van der Waals surface area (Å²) in [5, 5.41) is 4.51. The summed E-state index contributed by atoms with van der Waals surface area (Å²) < 4.78 is 5.69. The molecule has 31 heavy (non-hydrogen) atoms. The van der Waals surface area contributed by atoms with Crippen molar-refractivity contribution >= 4 is 68.5 Å². The van der Waals surface area contributed by atoms with Crippen LogP contribution in [0.2, 0.25) is 10.0 Å². The second kappa shape index (κ2) is 10.1. The van der Waals surface area contributed by atoms with Gasteiger partial charge in [-0.25, -0.2) is 0 Å². The number of ether oxygens (including phenoxy) is 1. The van der Waals surface area contributed by atoms with Gasteiger partial charge in [0.15, 0.2) is 6.61 Å². The van der Waals surface area contributed by atoms with E-state index in [1.165, 1.54) is 12.1 Å². The predicted molar refractivity (Wildman–Crippen MR) is 117 cm³/mol. The molecule has 0 spiro atoms. The van der Waals surface area contributed by atoms with Gasteiger partial charge in [0.2, 0.25) is 5.91 Å². The van der Waals surface area contributed by atoms with Crippen molar-refractivity contribution in [3.8, 4) is 0 Å². The Morgan fingerprint density at radius 1 is 1.13 bits per heavy atom. The van der Waals surface area contributed by atoms with Crippen LogP contribution in [0.25, 0.3) is 0 Å². The molecule has 162 valence electrons. The molecule has 0 aromatic heterocycles. The number of hydrazine groups is 1. The van der Waals surface area contributed by atoms with Crippen LogP contribution in [0, 0.1) is 5.92 Å². The van der Waals surface area contributed by atoms with Crippen molar-refractivity contribution in [1.82, 2.24) is 10.4 Å². The second-order valence-corrected chi connectivity index (χ2v) is 8.34. The molecule has 1 fully saturated rings. The lowest BCUT2D eigenvalue weighted by Crippen LogP contribution is -2.43.